The fourth-order valence-electron chi connectivity index (χ4n) is 6.29. The Hall–Kier alpha value is -4.48. The number of ether oxygens (including phenoxy) is 5. The fourth-order valence-corrected chi connectivity index (χ4v) is 8.14. The zero-order valence-electron chi connectivity index (χ0n) is 28.1. The van der Waals surface area contributed by atoms with Gasteiger partial charge in [0.15, 0.2) is 0 Å². The van der Waals surface area contributed by atoms with E-state index in [0.717, 1.165) is 26.8 Å². The molecule has 50 heavy (non-hydrogen) atoms. The molecule has 0 aliphatic carbocycles. The molecule has 0 amide bonds. The van der Waals surface area contributed by atoms with Crippen LogP contribution in [0.3, 0.4) is 0 Å². The van der Waals surface area contributed by atoms with Gasteiger partial charge in [-0.2, -0.15) is 0 Å². The summed E-state index contributed by atoms with van der Waals surface area (Å²) in [7, 11) is 3.24. The maximum absolute atomic E-state index is 13.7. The second-order valence-corrected chi connectivity index (χ2v) is 13.9. The van der Waals surface area contributed by atoms with Gasteiger partial charge in [-0.05, 0) is 0 Å². The van der Waals surface area contributed by atoms with E-state index >= 15 is 0 Å². The third-order valence-electron chi connectivity index (χ3n) is 8.92. The topological polar surface area (TPSA) is 110 Å². The quantitative estimate of drug-likeness (QED) is 0.125. The van der Waals surface area contributed by atoms with Crippen LogP contribution in [0.25, 0.3) is 0 Å². The van der Waals surface area contributed by atoms with Gasteiger partial charge in [0.05, 0.1) is 0 Å². The third kappa shape index (κ3) is 7.20. The first-order chi connectivity index (χ1) is 24.4. The molecule has 6 rings (SSSR count). The number of benzene rings is 4. The molecule has 11 heteroatoms. The number of nitrogens with zero attached hydrogens (tertiary/aromatic N) is 2. The van der Waals surface area contributed by atoms with Crippen molar-refractivity contribution in [2.75, 3.05) is 20.8 Å². The van der Waals surface area contributed by atoms with E-state index in [9.17, 15) is 14.7 Å². The molecular weight excluding hydrogens is 703 g/mol. The van der Waals surface area contributed by atoms with Crippen molar-refractivity contribution in [3.05, 3.63) is 165 Å². The third-order valence-corrected chi connectivity index (χ3v) is 11.1. The SMILES string of the molecule is COc1ccc(C(OC[C@H]2O[C@@H](n3ccc(=O)n(COCc4ccccc4)c3=O)[C@H]([Se]C)[C@@H]2O)(c2ccccc2)c2ccc(OC)cc2)cc1. The van der Waals surface area contributed by atoms with Crippen LogP contribution in [0.1, 0.15) is 28.5 Å². The first kappa shape index (κ1) is 35.3. The molecule has 4 atom stereocenters. The van der Waals surface area contributed by atoms with Crippen molar-refractivity contribution in [2.45, 2.75) is 48.0 Å². The van der Waals surface area contributed by atoms with E-state index in [1.807, 2.05) is 115 Å². The Morgan fingerprint density at radius 1 is 0.780 bits per heavy atom. The van der Waals surface area contributed by atoms with Gasteiger partial charge in [-0.3, -0.25) is 0 Å². The van der Waals surface area contributed by atoms with Crippen molar-refractivity contribution >= 4 is 15.0 Å². The number of methoxy groups -OCH3 is 2. The van der Waals surface area contributed by atoms with Gasteiger partial charge in [-0.15, -0.1) is 0 Å². The van der Waals surface area contributed by atoms with Crippen LogP contribution in [-0.2, 0) is 33.1 Å². The fraction of sp³-hybridized carbons (Fsp3) is 0.282. The Morgan fingerprint density at radius 2 is 1.34 bits per heavy atom. The van der Waals surface area contributed by atoms with Crippen LogP contribution in [0, 0.1) is 0 Å². The number of hydrogen-bond acceptors (Lipinski definition) is 8. The van der Waals surface area contributed by atoms with Gasteiger partial charge in [0.1, 0.15) is 0 Å². The maximum atomic E-state index is 13.7. The van der Waals surface area contributed by atoms with Crippen molar-refractivity contribution in [1.29, 1.82) is 0 Å². The number of aliphatic hydroxyl groups is 1. The summed E-state index contributed by atoms with van der Waals surface area (Å²) < 4.78 is 32.6. The minimum absolute atomic E-state index is 0.00816. The molecule has 5 aromatic rings. The Bertz CT molecular complexity index is 1900. The van der Waals surface area contributed by atoms with E-state index < -0.39 is 40.1 Å². The summed E-state index contributed by atoms with van der Waals surface area (Å²) in [5.74, 6) is 3.40. The molecule has 0 unspecified atom stereocenters. The van der Waals surface area contributed by atoms with Crippen molar-refractivity contribution in [2.24, 2.45) is 0 Å². The van der Waals surface area contributed by atoms with E-state index in [0.29, 0.717) is 11.5 Å². The van der Waals surface area contributed by atoms with Crippen molar-refractivity contribution in [1.82, 2.24) is 9.13 Å². The van der Waals surface area contributed by atoms with Gasteiger partial charge in [-0.25, -0.2) is 0 Å². The first-order valence-corrected chi connectivity index (χ1v) is 18.9. The van der Waals surface area contributed by atoms with E-state index in [-0.39, 0.29) is 34.9 Å². The molecule has 1 aliphatic rings. The zero-order valence-corrected chi connectivity index (χ0v) is 29.8. The number of aromatic nitrogens is 2. The summed E-state index contributed by atoms with van der Waals surface area (Å²) in [5, 5.41) is 11.7. The number of hydrogen-bond donors (Lipinski definition) is 1. The molecule has 0 spiro atoms. The van der Waals surface area contributed by atoms with Gasteiger partial charge in [0, 0.05) is 0 Å². The minimum atomic E-state index is -1.12. The standard InChI is InChI=1S/C39H40N2O8Se/c1-45-31-18-14-29(15-19-31)39(28-12-8-5-9-13-28,30-16-20-32(46-2)21-17-30)48-25-33-35(43)36(50-3)37(49-33)40-23-22-34(42)41(38(40)44)26-47-24-27-10-6-4-7-11-27/h4-23,33,35-37,43H,24-26H2,1-3H3/t33-,35-,36-,37-/m1/s1. The molecule has 260 valence electrons. The van der Waals surface area contributed by atoms with Crippen molar-refractivity contribution in [3.8, 4) is 11.5 Å². The molecule has 0 radical (unpaired) electrons. The number of aliphatic hydroxyl groups excluding tert-OH is 1. The first-order valence-electron chi connectivity index (χ1n) is 16.2. The van der Waals surface area contributed by atoms with Crippen LogP contribution < -0.4 is 20.7 Å². The van der Waals surface area contributed by atoms with Crippen LogP contribution >= 0.6 is 0 Å². The second kappa shape index (κ2) is 16.0. The van der Waals surface area contributed by atoms with Crippen molar-refractivity contribution in [3.63, 3.8) is 0 Å². The Labute approximate surface area is 296 Å². The van der Waals surface area contributed by atoms with E-state index in [2.05, 4.69) is 0 Å². The average molecular weight is 744 g/mol. The summed E-state index contributed by atoms with van der Waals surface area (Å²) in [6.07, 6.45) is -1.11. The number of rotatable bonds is 14. The van der Waals surface area contributed by atoms with Gasteiger partial charge < -0.3 is 0 Å². The molecule has 1 N–H and O–H groups in total. The van der Waals surface area contributed by atoms with E-state index in [1.54, 1.807) is 14.2 Å². The van der Waals surface area contributed by atoms with Gasteiger partial charge in [0.25, 0.3) is 0 Å². The van der Waals surface area contributed by atoms with Crippen LogP contribution in [0.2, 0.25) is 10.6 Å². The predicted molar refractivity (Wildman–Crippen MR) is 190 cm³/mol. The molecule has 1 saturated heterocycles. The summed E-state index contributed by atoms with van der Waals surface area (Å²) in [6, 6.07) is 36.1. The summed E-state index contributed by atoms with van der Waals surface area (Å²) >= 11 is -0.133. The monoisotopic (exact) mass is 744 g/mol. The van der Waals surface area contributed by atoms with Crippen LogP contribution in [0.5, 0.6) is 11.5 Å². The van der Waals surface area contributed by atoms with Gasteiger partial charge >= 0.3 is 298 Å². The summed E-state index contributed by atoms with van der Waals surface area (Å²) in [6.45, 7) is 0.0121. The molecule has 0 bridgehead atoms. The predicted octanol–water partition coefficient (Wildman–Crippen LogP) is 5.01. The zero-order chi connectivity index (χ0) is 35.1. The molecule has 1 aliphatic heterocycles. The normalized spacial score (nSPS) is 19.0. The van der Waals surface area contributed by atoms with Crippen molar-refractivity contribution < 1.29 is 28.8 Å². The molecule has 10 nitrogen and oxygen atoms in total. The Kier molecular flexibility index (Phi) is 11.3. The van der Waals surface area contributed by atoms with Crippen LogP contribution in [-0.4, -0.2) is 62.2 Å². The second-order valence-electron chi connectivity index (χ2n) is 11.8. The van der Waals surface area contributed by atoms with E-state index in [4.69, 9.17) is 23.7 Å². The summed E-state index contributed by atoms with van der Waals surface area (Å²) in [5.41, 5.74) is 1.30. The molecule has 4 aromatic carbocycles. The molecule has 1 fully saturated rings. The molecule has 0 saturated carbocycles. The summed E-state index contributed by atoms with van der Waals surface area (Å²) in [4.78, 5) is 26.1. The van der Waals surface area contributed by atoms with Gasteiger partial charge in [0.2, 0.25) is 0 Å². The van der Waals surface area contributed by atoms with E-state index in [1.165, 1.54) is 16.8 Å². The molecule has 1 aromatic heterocycles. The molecule has 2 heterocycles. The average Bonchev–Trinajstić information content (AvgIpc) is 3.48. The Morgan fingerprint density at radius 3 is 1.90 bits per heavy atom. The van der Waals surface area contributed by atoms with Crippen LogP contribution in [0.4, 0.5) is 0 Å². The van der Waals surface area contributed by atoms with Crippen LogP contribution in [0.15, 0.2) is 131 Å². The van der Waals surface area contributed by atoms with Gasteiger partial charge in [-0.1, -0.05) is 0 Å². The molecular formula is C39H40N2O8Se. The Balaban J connectivity index is 1.32.